The molecule has 2 aromatic heterocycles. The molecule has 0 fully saturated rings. The van der Waals surface area contributed by atoms with E-state index in [2.05, 4.69) is 20.6 Å². The van der Waals surface area contributed by atoms with Gasteiger partial charge in [0.2, 0.25) is 0 Å². The van der Waals surface area contributed by atoms with Crippen LogP contribution < -0.4 is 10.6 Å². The van der Waals surface area contributed by atoms with Gasteiger partial charge < -0.3 is 10.6 Å². The number of thiazole rings is 2. The number of rotatable bonds is 5. The van der Waals surface area contributed by atoms with Gasteiger partial charge in [-0.25, -0.2) is 9.97 Å². The molecule has 2 aromatic carbocycles. The van der Waals surface area contributed by atoms with Crippen molar-refractivity contribution in [3.63, 3.8) is 0 Å². The molecule has 2 N–H and O–H groups in total. The van der Waals surface area contributed by atoms with Crippen LogP contribution in [-0.4, -0.2) is 15.9 Å². The Bertz CT molecular complexity index is 1180. The summed E-state index contributed by atoms with van der Waals surface area (Å²) in [6, 6.07) is 9.79. The molecule has 4 rings (SSSR count). The van der Waals surface area contributed by atoms with E-state index in [-0.39, 0.29) is 11.9 Å². The number of aromatic nitrogens is 2. The molecule has 30 heavy (non-hydrogen) atoms. The number of nitrogens with zero attached hydrogens (tertiary/aromatic N) is 2. The van der Waals surface area contributed by atoms with Gasteiger partial charge in [0, 0.05) is 22.3 Å². The van der Waals surface area contributed by atoms with Crippen molar-refractivity contribution in [2.24, 2.45) is 0 Å². The highest BCUT2D eigenvalue weighted by atomic mass is 32.1. The average Bonchev–Trinajstić information content (AvgIpc) is 3.36. The van der Waals surface area contributed by atoms with Gasteiger partial charge in [0.05, 0.1) is 27.3 Å². The van der Waals surface area contributed by atoms with E-state index in [4.69, 9.17) is 0 Å². The summed E-state index contributed by atoms with van der Waals surface area (Å²) in [5.41, 5.74) is 2.92. The predicted molar refractivity (Wildman–Crippen MR) is 112 cm³/mol. The number of nitrogens with one attached hydrogen (secondary N) is 2. The maximum Gasteiger partial charge on any atom is 0.416 e. The third kappa shape index (κ3) is 4.44. The van der Waals surface area contributed by atoms with Crippen molar-refractivity contribution in [3.8, 4) is 0 Å². The molecule has 4 aromatic rings. The fourth-order valence-electron chi connectivity index (χ4n) is 2.76. The Morgan fingerprint density at radius 3 is 2.60 bits per heavy atom. The van der Waals surface area contributed by atoms with Crippen LogP contribution >= 0.6 is 22.7 Å². The molecule has 0 saturated carbocycles. The number of alkyl halides is 3. The summed E-state index contributed by atoms with van der Waals surface area (Å²) in [7, 11) is 0. The molecule has 0 spiro atoms. The van der Waals surface area contributed by atoms with Gasteiger partial charge in [-0.2, -0.15) is 13.2 Å². The van der Waals surface area contributed by atoms with Crippen LogP contribution in [-0.2, 0) is 6.18 Å². The van der Waals surface area contributed by atoms with Crippen LogP contribution in [0.15, 0.2) is 54.2 Å². The highest BCUT2D eigenvalue weighted by Crippen LogP contribution is 2.31. The van der Waals surface area contributed by atoms with Crippen LogP contribution in [0.3, 0.4) is 0 Å². The van der Waals surface area contributed by atoms with Gasteiger partial charge in [-0.3, -0.25) is 4.79 Å². The summed E-state index contributed by atoms with van der Waals surface area (Å²) in [5.74, 6) is -0.205. The lowest BCUT2D eigenvalue weighted by atomic mass is 10.2. The zero-order valence-corrected chi connectivity index (χ0v) is 17.2. The normalized spacial score (nSPS) is 12.7. The van der Waals surface area contributed by atoms with Crippen LogP contribution in [0.25, 0.3) is 10.2 Å². The molecular formula is C20H15F3N4OS2. The topological polar surface area (TPSA) is 66.9 Å². The molecule has 0 radical (unpaired) electrons. The second-order valence-electron chi connectivity index (χ2n) is 6.50. The summed E-state index contributed by atoms with van der Waals surface area (Å²) < 4.78 is 38.9. The maximum atomic E-state index is 12.7. The van der Waals surface area contributed by atoms with E-state index in [0.717, 1.165) is 27.2 Å². The van der Waals surface area contributed by atoms with E-state index in [0.29, 0.717) is 16.4 Å². The van der Waals surface area contributed by atoms with Crippen LogP contribution in [0.4, 0.5) is 24.0 Å². The molecule has 154 valence electrons. The molecule has 0 saturated heterocycles. The van der Waals surface area contributed by atoms with Gasteiger partial charge in [0.25, 0.3) is 5.91 Å². The van der Waals surface area contributed by atoms with Gasteiger partial charge in [0.1, 0.15) is 0 Å². The third-order valence-electron chi connectivity index (χ3n) is 4.35. The lowest BCUT2D eigenvalue weighted by molar-refractivity contribution is -0.137. The van der Waals surface area contributed by atoms with E-state index < -0.39 is 11.7 Å². The average molecular weight is 448 g/mol. The summed E-state index contributed by atoms with van der Waals surface area (Å²) in [5, 5.41) is 6.44. The standard InChI is InChI=1S/C20H15F3N4OS2/c1-11(26-18(28)12-2-7-15-16(8-12)29-10-25-15)17-9-24-19(30-17)27-14-5-3-13(4-6-14)20(21,22)23/h2-11H,1H3,(H,24,27)(H,26,28). The van der Waals surface area contributed by atoms with Crippen molar-refractivity contribution >= 4 is 49.6 Å². The first-order valence-electron chi connectivity index (χ1n) is 8.84. The van der Waals surface area contributed by atoms with Gasteiger partial charge in [-0.15, -0.1) is 11.3 Å². The second kappa shape index (κ2) is 8.04. The highest BCUT2D eigenvalue weighted by molar-refractivity contribution is 7.16. The Kier molecular flexibility index (Phi) is 5.44. The van der Waals surface area contributed by atoms with E-state index >= 15 is 0 Å². The maximum absolute atomic E-state index is 12.7. The predicted octanol–water partition coefficient (Wildman–Crippen LogP) is 6.01. The number of hydrogen-bond acceptors (Lipinski definition) is 6. The van der Waals surface area contributed by atoms with Crippen LogP contribution in [0.1, 0.15) is 33.8 Å². The number of hydrogen-bond donors (Lipinski definition) is 2. The molecule has 5 nitrogen and oxygen atoms in total. The minimum absolute atomic E-state index is 0.205. The van der Waals surface area contributed by atoms with E-state index in [9.17, 15) is 18.0 Å². The Morgan fingerprint density at radius 2 is 1.87 bits per heavy atom. The zero-order valence-electron chi connectivity index (χ0n) is 15.5. The number of fused-ring (bicyclic) bond motifs is 1. The lowest BCUT2D eigenvalue weighted by Crippen LogP contribution is -2.26. The highest BCUT2D eigenvalue weighted by Gasteiger charge is 2.30. The first kappa shape index (κ1) is 20.3. The van der Waals surface area contributed by atoms with Crippen molar-refractivity contribution in [1.82, 2.24) is 15.3 Å². The van der Waals surface area contributed by atoms with Crippen molar-refractivity contribution < 1.29 is 18.0 Å². The number of amides is 1. The third-order valence-corrected chi connectivity index (χ3v) is 6.24. The molecule has 0 bridgehead atoms. The van der Waals surface area contributed by atoms with E-state index in [1.807, 2.05) is 13.0 Å². The van der Waals surface area contributed by atoms with E-state index in [1.165, 1.54) is 34.8 Å². The smallest absolute Gasteiger partial charge is 0.345 e. The molecule has 0 aliphatic rings. The van der Waals surface area contributed by atoms with Crippen LogP contribution in [0.2, 0.25) is 0 Å². The molecule has 1 atom stereocenters. The fraction of sp³-hybridized carbons (Fsp3) is 0.150. The largest absolute Gasteiger partial charge is 0.416 e. The minimum atomic E-state index is -4.37. The monoisotopic (exact) mass is 448 g/mol. The first-order valence-corrected chi connectivity index (χ1v) is 10.5. The summed E-state index contributed by atoms with van der Waals surface area (Å²) in [6.45, 7) is 1.85. The Labute approximate surface area is 177 Å². The summed E-state index contributed by atoms with van der Waals surface area (Å²) >= 11 is 2.79. The fourth-order valence-corrected chi connectivity index (χ4v) is 4.31. The molecule has 0 aliphatic heterocycles. The first-order chi connectivity index (χ1) is 14.3. The van der Waals surface area contributed by atoms with Crippen molar-refractivity contribution in [1.29, 1.82) is 0 Å². The van der Waals surface area contributed by atoms with Crippen LogP contribution in [0, 0.1) is 0 Å². The van der Waals surface area contributed by atoms with Gasteiger partial charge in [0.15, 0.2) is 5.13 Å². The molecular weight excluding hydrogens is 433 g/mol. The second-order valence-corrected chi connectivity index (χ2v) is 8.45. The zero-order chi connectivity index (χ0) is 21.3. The molecule has 1 amide bonds. The van der Waals surface area contributed by atoms with Gasteiger partial charge in [-0.1, -0.05) is 11.3 Å². The molecule has 10 heteroatoms. The minimum Gasteiger partial charge on any atom is -0.345 e. The van der Waals surface area contributed by atoms with E-state index in [1.54, 1.807) is 23.8 Å². The van der Waals surface area contributed by atoms with Gasteiger partial charge >= 0.3 is 6.18 Å². The van der Waals surface area contributed by atoms with Crippen LogP contribution in [0.5, 0.6) is 0 Å². The Morgan fingerprint density at radius 1 is 1.10 bits per heavy atom. The number of anilines is 2. The van der Waals surface area contributed by atoms with Gasteiger partial charge in [-0.05, 0) is 49.4 Å². The number of halogens is 3. The lowest BCUT2D eigenvalue weighted by Gasteiger charge is -2.12. The van der Waals surface area contributed by atoms with Crippen molar-refractivity contribution in [3.05, 3.63) is 70.2 Å². The Hall–Kier alpha value is -2.98. The molecule has 1 unspecified atom stereocenters. The molecule has 0 aliphatic carbocycles. The summed E-state index contributed by atoms with van der Waals surface area (Å²) in [4.78, 5) is 21.8. The SMILES string of the molecule is CC(NC(=O)c1ccc2ncsc2c1)c1cnc(Nc2ccc(C(F)(F)F)cc2)s1. The quantitative estimate of drug-likeness (QED) is 0.393. The van der Waals surface area contributed by atoms with Crippen molar-refractivity contribution in [2.45, 2.75) is 19.1 Å². The number of carbonyl (C=O) groups excluding carboxylic acids is 1. The number of carbonyl (C=O) groups is 1. The number of benzene rings is 2. The van der Waals surface area contributed by atoms with Crippen molar-refractivity contribution in [2.75, 3.05) is 5.32 Å². The Balaban J connectivity index is 1.40. The summed E-state index contributed by atoms with van der Waals surface area (Å²) in [6.07, 6.45) is -2.74. The molecule has 2 heterocycles.